The fourth-order valence-electron chi connectivity index (χ4n) is 2.03. The molecule has 0 aliphatic heterocycles. The standard InChI is InChI=1S/C16H17NO2/c1-17(12-13-8-4-3-5-9-13)15-11-7-6-10-14(15)16(18)19-2/h3-11H,12H2,1-2H3. The lowest BCUT2D eigenvalue weighted by molar-refractivity contribution is 0.0601. The van der Waals surface area contributed by atoms with Gasteiger partial charge in [0.05, 0.1) is 18.4 Å². The van der Waals surface area contributed by atoms with E-state index in [9.17, 15) is 4.79 Å². The Balaban J connectivity index is 2.24. The monoisotopic (exact) mass is 255 g/mol. The number of para-hydroxylation sites is 1. The first-order valence-electron chi connectivity index (χ1n) is 6.15. The van der Waals surface area contributed by atoms with Crippen molar-refractivity contribution in [2.45, 2.75) is 6.54 Å². The summed E-state index contributed by atoms with van der Waals surface area (Å²) < 4.78 is 4.81. The van der Waals surface area contributed by atoms with Crippen LogP contribution in [0.1, 0.15) is 15.9 Å². The molecule has 0 aliphatic rings. The van der Waals surface area contributed by atoms with Gasteiger partial charge in [-0.2, -0.15) is 0 Å². The Kier molecular flexibility index (Phi) is 4.18. The highest BCUT2D eigenvalue weighted by Crippen LogP contribution is 2.21. The van der Waals surface area contributed by atoms with Crippen LogP contribution in [0, 0.1) is 0 Å². The molecule has 0 aliphatic carbocycles. The van der Waals surface area contributed by atoms with Crippen LogP contribution in [0.3, 0.4) is 0 Å². The highest BCUT2D eigenvalue weighted by atomic mass is 16.5. The van der Waals surface area contributed by atoms with E-state index in [1.807, 2.05) is 48.3 Å². The van der Waals surface area contributed by atoms with Crippen molar-refractivity contribution in [2.75, 3.05) is 19.1 Å². The lowest BCUT2D eigenvalue weighted by Gasteiger charge is -2.21. The van der Waals surface area contributed by atoms with E-state index in [4.69, 9.17) is 4.74 Å². The average Bonchev–Trinajstić information content (AvgIpc) is 2.47. The number of rotatable bonds is 4. The number of carbonyl (C=O) groups is 1. The molecule has 0 unspecified atom stereocenters. The van der Waals surface area contributed by atoms with Gasteiger partial charge in [0.1, 0.15) is 0 Å². The molecule has 0 saturated carbocycles. The van der Waals surface area contributed by atoms with Crippen molar-refractivity contribution < 1.29 is 9.53 Å². The molecule has 0 aromatic heterocycles. The lowest BCUT2D eigenvalue weighted by atomic mass is 10.1. The maximum Gasteiger partial charge on any atom is 0.339 e. The highest BCUT2D eigenvalue weighted by molar-refractivity contribution is 5.95. The van der Waals surface area contributed by atoms with Crippen LogP contribution >= 0.6 is 0 Å². The molecular weight excluding hydrogens is 238 g/mol. The summed E-state index contributed by atoms with van der Waals surface area (Å²) in [5, 5.41) is 0. The Hall–Kier alpha value is -2.29. The number of nitrogens with zero attached hydrogens (tertiary/aromatic N) is 1. The fraction of sp³-hybridized carbons (Fsp3) is 0.188. The van der Waals surface area contributed by atoms with Gasteiger partial charge in [0, 0.05) is 13.6 Å². The van der Waals surface area contributed by atoms with E-state index in [-0.39, 0.29) is 5.97 Å². The van der Waals surface area contributed by atoms with Crippen LogP contribution in [0.2, 0.25) is 0 Å². The minimum atomic E-state index is -0.310. The molecule has 0 saturated heterocycles. The summed E-state index contributed by atoms with van der Waals surface area (Å²) in [6, 6.07) is 17.6. The summed E-state index contributed by atoms with van der Waals surface area (Å²) in [5.74, 6) is -0.310. The van der Waals surface area contributed by atoms with Gasteiger partial charge in [0.2, 0.25) is 0 Å². The van der Waals surface area contributed by atoms with E-state index in [1.54, 1.807) is 6.07 Å². The molecule has 19 heavy (non-hydrogen) atoms. The Morgan fingerprint density at radius 2 is 1.68 bits per heavy atom. The third-order valence-electron chi connectivity index (χ3n) is 2.98. The largest absolute Gasteiger partial charge is 0.465 e. The molecule has 0 bridgehead atoms. The third kappa shape index (κ3) is 3.13. The van der Waals surface area contributed by atoms with E-state index in [1.165, 1.54) is 12.7 Å². The number of hydrogen-bond acceptors (Lipinski definition) is 3. The summed E-state index contributed by atoms with van der Waals surface area (Å²) in [6.07, 6.45) is 0. The van der Waals surface area contributed by atoms with E-state index in [0.717, 1.165) is 12.2 Å². The highest BCUT2D eigenvalue weighted by Gasteiger charge is 2.14. The number of esters is 1. The second kappa shape index (κ2) is 6.05. The smallest absolute Gasteiger partial charge is 0.339 e. The van der Waals surface area contributed by atoms with Gasteiger partial charge in [-0.3, -0.25) is 0 Å². The van der Waals surface area contributed by atoms with E-state index < -0.39 is 0 Å². The number of carbonyl (C=O) groups excluding carboxylic acids is 1. The Bertz CT molecular complexity index is 552. The number of ether oxygens (including phenoxy) is 1. The molecule has 3 nitrogen and oxygen atoms in total. The van der Waals surface area contributed by atoms with Gasteiger partial charge < -0.3 is 9.64 Å². The Morgan fingerprint density at radius 3 is 2.37 bits per heavy atom. The summed E-state index contributed by atoms with van der Waals surface area (Å²) >= 11 is 0. The van der Waals surface area contributed by atoms with Crippen LogP contribution in [0.5, 0.6) is 0 Å². The van der Waals surface area contributed by atoms with Crippen LogP contribution in [0.15, 0.2) is 54.6 Å². The molecule has 0 fully saturated rings. The Labute approximate surface area is 113 Å². The third-order valence-corrected chi connectivity index (χ3v) is 2.98. The predicted octanol–water partition coefficient (Wildman–Crippen LogP) is 3.11. The minimum absolute atomic E-state index is 0.310. The van der Waals surface area contributed by atoms with Crippen molar-refractivity contribution in [1.29, 1.82) is 0 Å². The molecule has 0 heterocycles. The second-order valence-corrected chi connectivity index (χ2v) is 4.35. The van der Waals surface area contributed by atoms with Gasteiger partial charge in [0.25, 0.3) is 0 Å². The lowest BCUT2D eigenvalue weighted by Crippen LogP contribution is -2.19. The van der Waals surface area contributed by atoms with Crippen molar-refractivity contribution in [3.05, 3.63) is 65.7 Å². The molecular formula is C16H17NO2. The van der Waals surface area contributed by atoms with Gasteiger partial charge >= 0.3 is 5.97 Å². The van der Waals surface area contributed by atoms with Crippen LogP contribution in [0.4, 0.5) is 5.69 Å². The van der Waals surface area contributed by atoms with Crippen molar-refractivity contribution in [3.63, 3.8) is 0 Å². The molecule has 0 N–H and O–H groups in total. The van der Waals surface area contributed by atoms with Crippen LogP contribution in [-0.2, 0) is 11.3 Å². The number of methoxy groups -OCH3 is 1. The van der Waals surface area contributed by atoms with Gasteiger partial charge in [-0.05, 0) is 17.7 Å². The first-order chi connectivity index (χ1) is 9.22. The first-order valence-corrected chi connectivity index (χ1v) is 6.15. The van der Waals surface area contributed by atoms with Gasteiger partial charge in [-0.1, -0.05) is 42.5 Å². The Morgan fingerprint density at radius 1 is 1.05 bits per heavy atom. The van der Waals surface area contributed by atoms with Crippen molar-refractivity contribution >= 4 is 11.7 Å². The number of hydrogen-bond donors (Lipinski definition) is 0. The van der Waals surface area contributed by atoms with E-state index >= 15 is 0 Å². The predicted molar refractivity (Wildman–Crippen MR) is 76.3 cm³/mol. The van der Waals surface area contributed by atoms with Crippen molar-refractivity contribution in [2.24, 2.45) is 0 Å². The van der Waals surface area contributed by atoms with Crippen LogP contribution in [-0.4, -0.2) is 20.1 Å². The molecule has 2 aromatic carbocycles. The number of anilines is 1. The molecule has 0 radical (unpaired) electrons. The molecule has 0 atom stereocenters. The zero-order valence-electron chi connectivity index (χ0n) is 11.2. The maximum atomic E-state index is 11.7. The van der Waals surface area contributed by atoms with Gasteiger partial charge in [-0.15, -0.1) is 0 Å². The summed E-state index contributed by atoms with van der Waals surface area (Å²) in [6.45, 7) is 0.745. The van der Waals surface area contributed by atoms with Crippen molar-refractivity contribution in [1.82, 2.24) is 0 Å². The molecule has 3 heteroatoms. The van der Waals surface area contributed by atoms with E-state index in [2.05, 4.69) is 12.1 Å². The zero-order valence-corrected chi connectivity index (χ0v) is 11.2. The molecule has 2 aromatic rings. The quantitative estimate of drug-likeness (QED) is 0.786. The SMILES string of the molecule is COC(=O)c1ccccc1N(C)Cc1ccccc1. The zero-order chi connectivity index (χ0) is 13.7. The van der Waals surface area contributed by atoms with Crippen molar-refractivity contribution in [3.8, 4) is 0 Å². The number of benzene rings is 2. The van der Waals surface area contributed by atoms with Gasteiger partial charge in [0.15, 0.2) is 0 Å². The summed E-state index contributed by atoms with van der Waals surface area (Å²) in [7, 11) is 3.37. The molecule has 2 rings (SSSR count). The van der Waals surface area contributed by atoms with Gasteiger partial charge in [-0.25, -0.2) is 4.79 Å². The minimum Gasteiger partial charge on any atom is -0.465 e. The molecule has 98 valence electrons. The molecule has 0 amide bonds. The first kappa shape index (κ1) is 13.1. The topological polar surface area (TPSA) is 29.5 Å². The summed E-state index contributed by atoms with van der Waals surface area (Å²) in [4.78, 5) is 13.8. The van der Waals surface area contributed by atoms with Crippen LogP contribution in [0.25, 0.3) is 0 Å². The fourth-order valence-corrected chi connectivity index (χ4v) is 2.03. The average molecular weight is 255 g/mol. The normalized spacial score (nSPS) is 10.0. The summed E-state index contributed by atoms with van der Waals surface area (Å²) in [5.41, 5.74) is 2.66. The molecule has 0 spiro atoms. The van der Waals surface area contributed by atoms with E-state index in [0.29, 0.717) is 5.56 Å². The van der Waals surface area contributed by atoms with Crippen LogP contribution < -0.4 is 4.90 Å². The second-order valence-electron chi connectivity index (χ2n) is 4.35. The maximum absolute atomic E-state index is 11.7.